The molecule has 0 saturated heterocycles. The summed E-state index contributed by atoms with van der Waals surface area (Å²) in [6.07, 6.45) is 1.45. The van der Waals surface area contributed by atoms with Gasteiger partial charge in [0, 0.05) is 23.7 Å². The van der Waals surface area contributed by atoms with E-state index in [2.05, 4.69) is 10.3 Å². The summed E-state index contributed by atoms with van der Waals surface area (Å²) in [6, 6.07) is 9.64. The predicted octanol–water partition coefficient (Wildman–Crippen LogP) is 3.03. The summed E-state index contributed by atoms with van der Waals surface area (Å²) in [6.45, 7) is 0. The normalized spacial score (nSPS) is 10.6. The van der Waals surface area contributed by atoms with Gasteiger partial charge in [-0.1, -0.05) is 11.6 Å². The van der Waals surface area contributed by atoms with Gasteiger partial charge in [0.05, 0.1) is 18.6 Å². The van der Waals surface area contributed by atoms with Crippen molar-refractivity contribution in [1.82, 2.24) is 4.98 Å². The zero-order valence-corrected chi connectivity index (χ0v) is 13.5. The second-order valence-corrected chi connectivity index (χ2v) is 5.48. The van der Waals surface area contributed by atoms with E-state index >= 15 is 0 Å². The van der Waals surface area contributed by atoms with Gasteiger partial charge in [-0.25, -0.2) is 9.78 Å². The third-order valence-electron chi connectivity index (χ3n) is 3.38. The third kappa shape index (κ3) is 3.55. The minimum atomic E-state index is -0.525. The summed E-state index contributed by atoms with van der Waals surface area (Å²) in [5.41, 5.74) is 0.410. The molecule has 0 aliphatic rings. The molecule has 0 atom stereocenters. The molecule has 24 heavy (non-hydrogen) atoms. The standard InChI is InChI=1S/C17H13ClN2O4/c1-23-12-3-4-13-10(7-17(22)24-14(13)8-12)6-16(21)20-15-5-2-11(18)9-19-15/h2-5,7-9H,6H2,1H3,(H,19,20,21). The van der Waals surface area contributed by atoms with Crippen LogP contribution < -0.4 is 15.7 Å². The molecule has 0 saturated carbocycles. The van der Waals surface area contributed by atoms with Crippen molar-refractivity contribution < 1.29 is 13.9 Å². The number of amides is 1. The van der Waals surface area contributed by atoms with E-state index in [-0.39, 0.29) is 12.3 Å². The topological polar surface area (TPSA) is 81.4 Å². The van der Waals surface area contributed by atoms with Crippen molar-refractivity contribution in [2.24, 2.45) is 0 Å². The summed E-state index contributed by atoms with van der Waals surface area (Å²) in [5.74, 6) is 0.656. The number of fused-ring (bicyclic) bond motifs is 1. The number of benzene rings is 1. The number of rotatable bonds is 4. The first-order valence-corrected chi connectivity index (χ1v) is 7.45. The Hall–Kier alpha value is -2.86. The summed E-state index contributed by atoms with van der Waals surface area (Å²) in [5, 5.41) is 3.81. The molecule has 1 amide bonds. The largest absolute Gasteiger partial charge is 0.497 e. The SMILES string of the molecule is COc1ccc2c(CC(=O)Nc3ccc(Cl)cn3)cc(=O)oc2c1. The summed E-state index contributed by atoms with van der Waals surface area (Å²) in [4.78, 5) is 27.9. The van der Waals surface area contributed by atoms with Gasteiger partial charge < -0.3 is 14.5 Å². The molecule has 122 valence electrons. The first-order valence-electron chi connectivity index (χ1n) is 7.07. The third-order valence-corrected chi connectivity index (χ3v) is 3.61. The van der Waals surface area contributed by atoms with Crippen LogP contribution in [0.4, 0.5) is 5.82 Å². The molecule has 0 spiro atoms. The first kappa shape index (κ1) is 16.0. The maximum atomic E-state index is 12.2. The zero-order valence-electron chi connectivity index (χ0n) is 12.7. The molecular formula is C17H13ClN2O4. The highest BCUT2D eigenvalue weighted by Gasteiger charge is 2.11. The van der Waals surface area contributed by atoms with Gasteiger partial charge in [0.2, 0.25) is 5.91 Å². The van der Waals surface area contributed by atoms with E-state index in [1.165, 1.54) is 19.4 Å². The number of methoxy groups -OCH3 is 1. The number of anilines is 1. The molecule has 0 unspecified atom stereocenters. The summed E-state index contributed by atoms with van der Waals surface area (Å²) in [7, 11) is 1.52. The highest BCUT2D eigenvalue weighted by Crippen LogP contribution is 2.23. The Morgan fingerprint density at radius 3 is 2.83 bits per heavy atom. The van der Waals surface area contributed by atoms with Crippen molar-refractivity contribution in [2.75, 3.05) is 12.4 Å². The number of ether oxygens (including phenoxy) is 1. The van der Waals surface area contributed by atoms with Gasteiger partial charge in [-0.05, 0) is 29.8 Å². The number of halogens is 1. The Balaban J connectivity index is 1.87. The Morgan fingerprint density at radius 1 is 1.29 bits per heavy atom. The number of aromatic nitrogens is 1. The van der Waals surface area contributed by atoms with E-state index in [0.29, 0.717) is 33.1 Å². The van der Waals surface area contributed by atoms with Crippen LogP contribution in [0.25, 0.3) is 11.0 Å². The van der Waals surface area contributed by atoms with Crippen LogP contribution in [-0.4, -0.2) is 18.0 Å². The minimum Gasteiger partial charge on any atom is -0.497 e. The van der Waals surface area contributed by atoms with Gasteiger partial charge in [-0.2, -0.15) is 0 Å². The van der Waals surface area contributed by atoms with Crippen molar-refractivity contribution in [2.45, 2.75) is 6.42 Å². The lowest BCUT2D eigenvalue weighted by Crippen LogP contribution is -2.16. The minimum absolute atomic E-state index is 0.0126. The molecule has 0 radical (unpaired) electrons. The average molecular weight is 345 g/mol. The molecule has 6 nitrogen and oxygen atoms in total. The molecule has 3 rings (SSSR count). The van der Waals surface area contributed by atoms with Crippen LogP contribution in [0.5, 0.6) is 5.75 Å². The van der Waals surface area contributed by atoms with Crippen LogP contribution in [0.1, 0.15) is 5.56 Å². The second-order valence-electron chi connectivity index (χ2n) is 5.04. The van der Waals surface area contributed by atoms with Gasteiger partial charge >= 0.3 is 5.63 Å². The van der Waals surface area contributed by atoms with Crippen molar-refractivity contribution >= 4 is 34.3 Å². The molecule has 0 fully saturated rings. The predicted molar refractivity (Wildman–Crippen MR) is 90.6 cm³/mol. The van der Waals surface area contributed by atoms with Crippen molar-refractivity contribution in [3.05, 3.63) is 63.6 Å². The summed E-state index contributed by atoms with van der Waals surface area (Å²) < 4.78 is 10.3. The van der Waals surface area contributed by atoms with Crippen LogP contribution >= 0.6 is 11.6 Å². The smallest absolute Gasteiger partial charge is 0.336 e. The lowest BCUT2D eigenvalue weighted by molar-refractivity contribution is -0.115. The highest BCUT2D eigenvalue weighted by molar-refractivity contribution is 6.30. The molecule has 0 bridgehead atoms. The molecule has 2 aromatic heterocycles. The Kier molecular flexibility index (Phi) is 4.48. The van der Waals surface area contributed by atoms with Crippen LogP contribution in [0.2, 0.25) is 5.02 Å². The van der Waals surface area contributed by atoms with Gasteiger partial charge in [0.15, 0.2) is 0 Å². The van der Waals surface area contributed by atoms with Crippen LogP contribution in [0, 0.1) is 0 Å². The number of carbonyl (C=O) groups excluding carboxylic acids is 1. The molecule has 2 heterocycles. The van der Waals surface area contributed by atoms with Gasteiger partial charge in [0.1, 0.15) is 17.2 Å². The quantitative estimate of drug-likeness (QED) is 0.736. The van der Waals surface area contributed by atoms with E-state index < -0.39 is 5.63 Å². The van der Waals surface area contributed by atoms with Gasteiger partial charge in [-0.3, -0.25) is 4.79 Å². The molecule has 0 aliphatic heterocycles. The molecule has 1 aromatic carbocycles. The lowest BCUT2D eigenvalue weighted by Gasteiger charge is -2.07. The maximum Gasteiger partial charge on any atom is 0.336 e. The average Bonchev–Trinajstić information content (AvgIpc) is 2.56. The number of pyridine rings is 1. The van der Waals surface area contributed by atoms with E-state index in [1.807, 2.05) is 0 Å². The fourth-order valence-electron chi connectivity index (χ4n) is 2.29. The van der Waals surface area contributed by atoms with Gasteiger partial charge in [0.25, 0.3) is 0 Å². The maximum absolute atomic E-state index is 12.2. The number of hydrogen-bond donors (Lipinski definition) is 1. The molecule has 1 N–H and O–H groups in total. The number of nitrogens with zero attached hydrogens (tertiary/aromatic N) is 1. The zero-order chi connectivity index (χ0) is 17.1. The Bertz CT molecular complexity index is 951. The molecule has 7 heteroatoms. The van der Waals surface area contributed by atoms with E-state index in [0.717, 1.165) is 0 Å². The number of nitrogens with one attached hydrogen (secondary N) is 1. The first-order chi connectivity index (χ1) is 11.5. The number of carbonyl (C=O) groups is 1. The summed E-state index contributed by atoms with van der Waals surface area (Å²) >= 11 is 5.75. The Morgan fingerprint density at radius 2 is 2.12 bits per heavy atom. The highest BCUT2D eigenvalue weighted by atomic mass is 35.5. The fourth-order valence-corrected chi connectivity index (χ4v) is 2.41. The fraction of sp³-hybridized carbons (Fsp3) is 0.118. The van der Waals surface area contributed by atoms with Crippen LogP contribution in [0.3, 0.4) is 0 Å². The second kappa shape index (κ2) is 6.72. The van der Waals surface area contributed by atoms with Crippen LogP contribution in [0.15, 0.2) is 51.8 Å². The molecule has 0 aliphatic carbocycles. The number of hydrogen-bond acceptors (Lipinski definition) is 5. The van der Waals surface area contributed by atoms with Crippen molar-refractivity contribution in [1.29, 1.82) is 0 Å². The van der Waals surface area contributed by atoms with E-state index in [1.54, 1.807) is 30.3 Å². The van der Waals surface area contributed by atoms with E-state index in [9.17, 15) is 9.59 Å². The Labute approximate surface area is 142 Å². The van der Waals surface area contributed by atoms with Gasteiger partial charge in [-0.15, -0.1) is 0 Å². The van der Waals surface area contributed by atoms with E-state index in [4.69, 9.17) is 20.8 Å². The van der Waals surface area contributed by atoms with Crippen LogP contribution in [-0.2, 0) is 11.2 Å². The molecule has 3 aromatic rings. The lowest BCUT2D eigenvalue weighted by atomic mass is 10.1. The molecular weight excluding hydrogens is 332 g/mol. The monoisotopic (exact) mass is 344 g/mol. The van der Waals surface area contributed by atoms with Crippen molar-refractivity contribution in [3.8, 4) is 5.75 Å². The van der Waals surface area contributed by atoms with Crippen molar-refractivity contribution in [3.63, 3.8) is 0 Å².